The number of nitrogen functional groups attached to an aromatic ring is 1. The third-order valence-electron chi connectivity index (χ3n) is 5.20. The summed E-state index contributed by atoms with van der Waals surface area (Å²) in [7, 11) is 0. The SMILES string of the molecule is Cc1ccnc(-c2[c-]ccc(N)c2)c1.[Os+4].c1ccc(-c2ccccn2)nc1.c1ccc(-c2ccccn2)nc1. The third kappa shape index (κ3) is 9.34. The zero-order valence-electron chi connectivity index (χ0n) is 21.4. The minimum absolute atomic E-state index is 0. The van der Waals surface area contributed by atoms with E-state index in [9.17, 15) is 0 Å². The van der Waals surface area contributed by atoms with E-state index in [4.69, 9.17) is 5.73 Å². The maximum atomic E-state index is 5.69. The van der Waals surface area contributed by atoms with Gasteiger partial charge >= 0.3 is 19.8 Å². The molecule has 0 aliphatic heterocycles. The predicted octanol–water partition coefficient (Wildman–Crippen LogP) is 6.72. The Hall–Kier alpha value is -4.59. The summed E-state index contributed by atoms with van der Waals surface area (Å²) in [6.07, 6.45) is 8.86. The van der Waals surface area contributed by atoms with Crippen molar-refractivity contribution in [3.05, 3.63) is 146 Å². The molecular formula is C32H27N6Os+3. The molecule has 0 bridgehead atoms. The van der Waals surface area contributed by atoms with Crippen molar-refractivity contribution in [3.8, 4) is 34.0 Å². The molecule has 2 N–H and O–H groups in total. The zero-order valence-corrected chi connectivity index (χ0v) is 23.9. The Bertz CT molecular complexity index is 1320. The number of aryl methyl sites for hydroxylation is 1. The summed E-state index contributed by atoms with van der Waals surface area (Å²) >= 11 is 0. The Morgan fingerprint density at radius 2 is 0.949 bits per heavy atom. The molecule has 6 nitrogen and oxygen atoms in total. The van der Waals surface area contributed by atoms with Gasteiger partial charge < -0.3 is 10.7 Å². The first kappa shape index (κ1) is 29.0. The van der Waals surface area contributed by atoms with Gasteiger partial charge in [-0.25, -0.2) is 0 Å². The molecule has 0 saturated heterocycles. The van der Waals surface area contributed by atoms with Gasteiger partial charge in [-0.2, -0.15) is 0 Å². The zero-order chi connectivity index (χ0) is 26.4. The van der Waals surface area contributed by atoms with Crippen LogP contribution in [0.2, 0.25) is 0 Å². The van der Waals surface area contributed by atoms with Gasteiger partial charge in [0, 0.05) is 31.0 Å². The molecule has 0 saturated carbocycles. The van der Waals surface area contributed by atoms with Crippen molar-refractivity contribution in [1.29, 1.82) is 0 Å². The van der Waals surface area contributed by atoms with Crippen LogP contribution in [-0.2, 0) is 19.8 Å². The summed E-state index contributed by atoms with van der Waals surface area (Å²) < 4.78 is 0. The van der Waals surface area contributed by atoms with Gasteiger partial charge in [-0.15, -0.1) is 29.8 Å². The van der Waals surface area contributed by atoms with Crippen LogP contribution in [0, 0.1) is 13.0 Å². The average molecular weight is 686 g/mol. The van der Waals surface area contributed by atoms with Crippen LogP contribution in [0.3, 0.4) is 0 Å². The summed E-state index contributed by atoms with van der Waals surface area (Å²) in [5.74, 6) is 0. The van der Waals surface area contributed by atoms with Gasteiger partial charge in [0.05, 0.1) is 22.8 Å². The van der Waals surface area contributed by atoms with Gasteiger partial charge in [-0.1, -0.05) is 41.6 Å². The molecule has 39 heavy (non-hydrogen) atoms. The Kier molecular flexibility index (Phi) is 11.6. The number of rotatable bonds is 3. The number of aromatic nitrogens is 5. The maximum Gasteiger partial charge on any atom is 4.00 e. The molecule has 1 aromatic carbocycles. The van der Waals surface area contributed by atoms with Crippen LogP contribution in [0.25, 0.3) is 34.0 Å². The van der Waals surface area contributed by atoms with Crippen LogP contribution < -0.4 is 5.73 Å². The van der Waals surface area contributed by atoms with Crippen LogP contribution in [-0.4, -0.2) is 24.9 Å². The normalized spacial score (nSPS) is 9.56. The Morgan fingerprint density at radius 3 is 1.31 bits per heavy atom. The number of hydrogen-bond acceptors (Lipinski definition) is 6. The van der Waals surface area contributed by atoms with Gasteiger partial charge in [0.2, 0.25) is 0 Å². The fourth-order valence-corrected chi connectivity index (χ4v) is 3.37. The Morgan fingerprint density at radius 1 is 0.513 bits per heavy atom. The maximum absolute atomic E-state index is 5.69. The van der Waals surface area contributed by atoms with Crippen molar-refractivity contribution < 1.29 is 19.8 Å². The molecule has 0 radical (unpaired) electrons. The molecule has 190 valence electrons. The van der Waals surface area contributed by atoms with Crippen molar-refractivity contribution in [3.63, 3.8) is 0 Å². The first-order valence-electron chi connectivity index (χ1n) is 12.0. The molecule has 0 aliphatic rings. The smallest absolute Gasteiger partial charge is 0.414 e. The summed E-state index contributed by atoms with van der Waals surface area (Å²) in [5.41, 5.74) is 13.1. The number of benzene rings is 1. The largest absolute Gasteiger partial charge is 4.00 e. The second kappa shape index (κ2) is 15.6. The van der Waals surface area contributed by atoms with Gasteiger partial charge in [0.1, 0.15) is 0 Å². The molecule has 0 unspecified atom stereocenters. The van der Waals surface area contributed by atoms with E-state index in [0.29, 0.717) is 0 Å². The molecular weight excluding hydrogens is 659 g/mol. The van der Waals surface area contributed by atoms with E-state index >= 15 is 0 Å². The summed E-state index contributed by atoms with van der Waals surface area (Å²) in [6, 6.07) is 35.8. The van der Waals surface area contributed by atoms with Crippen molar-refractivity contribution in [2.45, 2.75) is 6.92 Å². The van der Waals surface area contributed by atoms with E-state index in [2.05, 4.69) is 31.0 Å². The molecule has 0 aliphatic carbocycles. The molecule has 6 rings (SSSR count). The van der Waals surface area contributed by atoms with Crippen LogP contribution in [0.1, 0.15) is 5.56 Å². The van der Waals surface area contributed by atoms with Crippen LogP contribution in [0.4, 0.5) is 5.69 Å². The quantitative estimate of drug-likeness (QED) is 0.164. The average Bonchev–Trinajstić information content (AvgIpc) is 3.00. The van der Waals surface area contributed by atoms with E-state index in [1.54, 1.807) is 31.0 Å². The molecule has 6 aromatic rings. The molecule has 0 amide bonds. The number of nitrogens with zero attached hydrogens (tertiary/aromatic N) is 5. The van der Waals surface area contributed by atoms with Gasteiger partial charge in [0.15, 0.2) is 0 Å². The second-order valence-electron chi connectivity index (χ2n) is 8.11. The number of pyridine rings is 5. The van der Waals surface area contributed by atoms with E-state index in [1.165, 1.54) is 5.56 Å². The fraction of sp³-hybridized carbons (Fsp3) is 0.0312. The summed E-state index contributed by atoms with van der Waals surface area (Å²) in [4.78, 5) is 21.0. The fourth-order valence-electron chi connectivity index (χ4n) is 3.37. The molecule has 5 heterocycles. The van der Waals surface area contributed by atoms with E-state index < -0.39 is 0 Å². The minimum Gasteiger partial charge on any atom is -0.414 e. The van der Waals surface area contributed by atoms with E-state index in [-0.39, 0.29) is 19.8 Å². The Balaban J connectivity index is 0.000000160. The second-order valence-corrected chi connectivity index (χ2v) is 8.11. The van der Waals surface area contributed by atoms with Gasteiger partial charge in [-0.3, -0.25) is 19.9 Å². The first-order chi connectivity index (χ1) is 18.7. The first-order valence-corrected chi connectivity index (χ1v) is 12.0. The molecule has 0 atom stereocenters. The van der Waals surface area contributed by atoms with Crippen LogP contribution >= 0.6 is 0 Å². The Labute approximate surface area is 242 Å². The van der Waals surface area contributed by atoms with E-state index in [1.807, 2.05) is 110 Å². The topological polar surface area (TPSA) is 90.5 Å². The van der Waals surface area contributed by atoms with Crippen LogP contribution in [0.5, 0.6) is 0 Å². The predicted molar refractivity (Wildman–Crippen MR) is 153 cm³/mol. The number of anilines is 1. The molecule has 0 spiro atoms. The third-order valence-corrected chi connectivity index (χ3v) is 5.20. The van der Waals surface area contributed by atoms with Crippen molar-refractivity contribution >= 4 is 5.69 Å². The van der Waals surface area contributed by atoms with Gasteiger partial charge in [0.25, 0.3) is 0 Å². The van der Waals surface area contributed by atoms with Crippen molar-refractivity contribution in [2.75, 3.05) is 5.73 Å². The molecule has 7 heteroatoms. The van der Waals surface area contributed by atoms with Gasteiger partial charge in [-0.05, 0) is 67.2 Å². The van der Waals surface area contributed by atoms with Crippen LogP contribution in [0.15, 0.2) is 134 Å². The number of nitrogens with two attached hydrogens (primary N) is 1. The van der Waals surface area contributed by atoms with E-state index in [0.717, 1.165) is 39.7 Å². The van der Waals surface area contributed by atoms with Crippen molar-refractivity contribution in [1.82, 2.24) is 24.9 Å². The standard InChI is InChI=1S/C12H11N2.2C10H8N2.Os/c1-9-5-6-14-12(7-9)10-3-2-4-11(13)8-10;2*1-3-7-11-9(5-1)10-6-2-4-8-12-10;/h2,4-8H,13H2,1H3;2*1-8H;/q-1;;;+4. The molecule has 0 fully saturated rings. The minimum atomic E-state index is 0. The monoisotopic (exact) mass is 687 g/mol. The molecule has 5 aromatic heterocycles. The van der Waals surface area contributed by atoms with Crippen molar-refractivity contribution in [2.24, 2.45) is 0 Å². The summed E-state index contributed by atoms with van der Waals surface area (Å²) in [5, 5.41) is 0. The summed E-state index contributed by atoms with van der Waals surface area (Å²) in [6.45, 7) is 2.04. The number of hydrogen-bond donors (Lipinski definition) is 1.